The van der Waals surface area contributed by atoms with Gasteiger partial charge in [0.1, 0.15) is 0 Å². The van der Waals surface area contributed by atoms with Gasteiger partial charge in [-0.25, -0.2) is 8.78 Å². The molecule has 17 heavy (non-hydrogen) atoms. The molecule has 2 rings (SSSR count). The van der Waals surface area contributed by atoms with Crippen LogP contribution in [-0.4, -0.2) is 9.78 Å². The monoisotopic (exact) mass is 237 g/mol. The molecule has 2 aromatic rings. The van der Waals surface area contributed by atoms with Gasteiger partial charge in [-0.3, -0.25) is 4.68 Å². The summed E-state index contributed by atoms with van der Waals surface area (Å²) in [5, 5.41) is 4.23. The number of aryl methyl sites for hydroxylation is 1. The van der Waals surface area contributed by atoms with Crippen LogP contribution in [0.4, 0.5) is 8.78 Å². The highest BCUT2D eigenvalue weighted by atomic mass is 19.2. The highest BCUT2D eigenvalue weighted by molar-refractivity contribution is 5.68. The molecule has 3 nitrogen and oxygen atoms in total. The zero-order chi connectivity index (χ0) is 12.6. The summed E-state index contributed by atoms with van der Waals surface area (Å²) in [6.07, 6.45) is 0. The number of nitrogens with zero attached hydrogens (tertiary/aromatic N) is 2. The van der Waals surface area contributed by atoms with Crippen LogP contribution in [0.5, 0.6) is 0 Å². The van der Waals surface area contributed by atoms with Gasteiger partial charge < -0.3 is 5.73 Å². The molecule has 1 heterocycles. The molecule has 0 atom stereocenters. The minimum absolute atomic E-state index is 0.260. The van der Waals surface area contributed by atoms with Crippen LogP contribution in [-0.2, 0) is 13.6 Å². The third-order valence-electron chi connectivity index (χ3n) is 2.81. The third-order valence-corrected chi connectivity index (χ3v) is 2.81. The molecule has 0 bridgehead atoms. The molecule has 0 saturated carbocycles. The first-order chi connectivity index (χ1) is 8.04. The minimum atomic E-state index is -0.867. The predicted molar refractivity (Wildman–Crippen MR) is 61.2 cm³/mol. The van der Waals surface area contributed by atoms with Crippen molar-refractivity contribution in [1.82, 2.24) is 9.78 Å². The number of hydrogen-bond acceptors (Lipinski definition) is 2. The van der Waals surface area contributed by atoms with Gasteiger partial charge in [0.25, 0.3) is 0 Å². The SMILES string of the molecule is Cc1c(-c2ccc(F)c(F)c2)c(CN)nn1C. The second kappa shape index (κ2) is 4.25. The van der Waals surface area contributed by atoms with Crippen molar-refractivity contribution in [3.05, 3.63) is 41.2 Å². The van der Waals surface area contributed by atoms with Crippen molar-refractivity contribution in [2.45, 2.75) is 13.5 Å². The number of nitrogens with two attached hydrogens (primary N) is 1. The van der Waals surface area contributed by atoms with E-state index in [1.165, 1.54) is 12.1 Å². The van der Waals surface area contributed by atoms with E-state index in [1.807, 2.05) is 6.92 Å². The summed E-state index contributed by atoms with van der Waals surface area (Å²) in [5.74, 6) is -1.72. The number of aromatic nitrogens is 2. The molecular weight excluding hydrogens is 224 g/mol. The molecule has 0 amide bonds. The molecule has 0 spiro atoms. The summed E-state index contributed by atoms with van der Waals surface area (Å²) in [6.45, 7) is 2.12. The molecule has 0 aliphatic carbocycles. The number of hydrogen-bond donors (Lipinski definition) is 1. The van der Waals surface area contributed by atoms with E-state index in [4.69, 9.17) is 5.73 Å². The Labute approximate surface area is 97.9 Å². The summed E-state index contributed by atoms with van der Waals surface area (Å²) in [5.41, 5.74) is 8.51. The van der Waals surface area contributed by atoms with Gasteiger partial charge in [0.05, 0.1) is 5.69 Å². The fraction of sp³-hybridized carbons (Fsp3) is 0.250. The van der Waals surface area contributed by atoms with Crippen LogP contribution in [0.15, 0.2) is 18.2 Å². The van der Waals surface area contributed by atoms with E-state index in [0.29, 0.717) is 11.3 Å². The second-order valence-electron chi connectivity index (χ2n) is 3.86. The molecule has 0 aliphatic heterocycles. The van der Waals surface area contributed by atoms with Gasteiger partial charge >= 0.3 is 0 Å². The molecule has 1 aromatic carbocycles. The van der Waals surface area contributed by atoms with E-state index in [0.717, 1.165) is 17.3 Å². The normalized spacial score (nSPS) is 10.9. The van der Waals surface area contributed by atoms with Crippen LogP contribution in [0.2, 0.25) is 0 Å². The Kier molecular flexibility index (Phi) is 2.93. The van der Waals surface area contributed by atoms with E-state index in [-0.39, 0.29) is 6.54 Å². The van der Waals surface area contributed by atoms with Crippen LogP contribution < -0.4 is 5.73 Å². The standard InChI is InChI=1S/C12H13F2N3/c1-7-12(11(6-15)16-17(7)2)8-3-4-9(13)10(14)5-8/h3-5H,6,15H2,1-2H3. The summed E-state index contributed by atoms with van der Waals surface area (Å²) < 4.78 is 27.8. The van der Waals surface area contributed by atoms with Gasteiger partial charge in [0.15, 0.2) is 11.6 Å². The lowest BCUT2D eigenvalue weighted by molar-refractivity contribution is 0.509. The number of halogens is 2. The first-order valence-electron chi connectivity index (χ1n) is 5.22. The summed E-state index contributed by atoms with van der Waals surface area (Å²) >= 11 is 0. The molecular formula is C12H13F2N3. The Bertz CT molecular complexity index is 561. The number of rotatable bonds is 2. The molecule has 0 saturated heterocycles. The lowest BCUT2D eigenvalue weighted by atomic mass is 10.0. The van der Waals surface area contributed by atoms with Crippen molar-refractivity contribution in [3.8, 4) is 11.1 Å². The van der Waals surface area contributed by atoms with Crippen LogP contribution in [0.25, 0.3) is 11.1 Å². The largest absolute Gasteiger partial charge is 0.325 e. The van der Waals surface area contributed by atoms with Crippen molar-refractivity contribution < 1.29 is 8.78 Å². The topological polar surface area (TPSA) is 43.8 Å². The number of benzene rings is 1. The first-order valence-corrected chi connectivity index (χ1v) is 5.22. The highest BCUT2D eigenvalue weighted by Gasteiger charge is 2.15. The van der Waals surface area contributed by atoms with Gasteiger partial charge in [-0.2, -0.15) is 5.10 Å². The smallest absolute Gasteiger partial charge is 0.159 e. The van der Waals surface area contributed by atoms with E-state index in [9.17, 15) is 8.78 Å². The molecule has 5 heteroatoms. The second-order valence-corrected chi connectivity index (χ2v) is 3.86. The molecule has 1 aromatic heterocycles. The van der Waals surface area contributed by atoms with Crippen molar-refractivity contribution in [2.24, 2.45) is 12.8 Å². The van der Waals surface area contributed by atoms with Crippen molar-refractivity contribution in [3.63, 3.8) is 0 Å². The Balaban J connectivity index is 2.63. The van der Waals surface area contributed by atoms with Gasteiger partial charge in [-0.1, -0.05) is 6.07 Å². The third kappa shape index (κ3) is 1.93. The lowest BCUT2D eigenvalue weighted by Gasteiger charge is -2.04. The summed E-state index contributed by atoms with van der Waals surface area (Å²) in [7, 11) is 1.79. The van der Waals surface area contributed by atoms with E-state index in [1.54, 1.807) is 11.7 Å². The maximum absolute atomic E-state index is 13.2. The Morgan fingerprint density at radius 3 is 2.59 bits per heavy atom. The fourth-order valence-electron chi connectivity index (χ4n) is 1.85. The zero-order valence-electron chi connectivity index (χ0n) is 9.67. The maximum Gasteiger partial charge on any atom is 0.159 e. The van der Waals surface area contributed by atoms with Crippen LogP contribution >= 0.6 is 0 Å². The Morgan fingerprint density at radius 2 is 2.00 bits per heavy atom. The maximum atomic E-state index is 13.2. The van der Waals surface area contributed by atoms with Crippen LogP contribution in [0, 0.1) is 18.6 Å². The summed E-state index contributed by atoms with van der Waals surface area (Å²) in [6, 6.07) is 3.80. The van der Waals surface area contributed by atoms with Gasteiger partial charge in [-0.05, 0) is 24.6 Å². The average Bonchev–Trinajstić information content (AvgIpc) is 2.59. The van der Waals surface area contributed by atoms with Crippen molar-refractivity contribution >= 4 is 0 Å². The molecule has 0 fully saturated rings. The van der Waals surface area contributed by atoms with Crippen LogP contribution in [0.3, 0.4) is 0 Å². The molecule has 0 aliphatic rings. The Hall–Kier alpha value is -1.75. The van der Waals surface area contributed by atoms with Gasteiger partial charge in [-0.15, -0.1) is 0 Å². The lowest BCUT2D eigenvalue weighted by Crippen LogP contribution is -2.00. The van der Waals surface area contributed by atoms with Gasteiger partial charge in [0, 0.05) is 24.8 Å². The molecule has 0 radical (unpaired) electrons. The van der Waals surface area contributed by atoms with E-state index >= 15 is 0 Å². The van der Waals surface area contributed by atoms with E-state index in [2.05, 4.69) is 5.10 Å². The average molecular weight is 237 g/mol. The predicted octanol–water partition coefficient (Wildman–Crippen LogP) is 2.13. The fourth-order valence-corrected chi connectivity index (χ4v) is 1.85. The molecule has 2 N–H and O–H groups in total. The Morgan fingerprint density at radius 1 is 1.29 bits per heavy atom. The quantitative estimate of drug-likeness (QED) is 0.869. The highest BCUT2D eigenvalue weighted by Crippen LogP contribution is 2.27. The molecule has 0 unspecified atom stereocenters. The van der Waals surface area contributed by atoms with E-state index < -0.39 is 11.6 Å². The summed E-state index contributed by atoms with van der Waals surface area (Å²) in [4.78, 5) is 0. The van der Waals surface area contributed by atoms with Crippen LogP contribution in [0.1, 0.15) is 11.4 Å². The van der Waals surface area contributed by atoms with Gasteiger partial charge in [0.2, 0.25) is 0 Å². The minimum Gasteiger partial charge on any atom is -0.325 e. The zero-order valence-corrected chi connectivity index (χ0v) is 9.67. The van der Waals surface area contributed by atoms with Crippen molar-refractivity contribution in [1.29, 1.82) is 0 Å². The van der Waals surface area contributed by atoms with Crippen molar-refractivity contribution in [2.75, 3.05) is 0 Å². The first kappa shape index (κ1) is 11.7. The molecule has 90 valence electrons.